The lowest BCUT2D eigenvalue weighted by molar-refractivity contribution is 0.00850. The Bertz CT molecular complexity index is 512. The maximum absolute atomic E-state index is 10.2. The van der Waals surface area contributed by atoms with Crippen LogP contribution in [-0.2, 0) is 11.3 Å². The number of hydrogen-bond acceptors (Lipinski definition) is 5. The fourth-order valence-electron chi connectivity index (χ4n) is 2.90. The molecule has 3 rings (SSSR count). The summed E-state index contributed by atoms with van der Waals surface area (Å²) in [6.45, 7) is 2.78. The van der Waals surface area contributed by atoms with Crippen molar-refractivity contribution in [2.45, 2.75) is 31.6 Å². The fraction of sp³-hybridized carbons (Fsp3) is 0.500. The molecule has 0 bridgehead atoms. The molecule has 3 heterocycles. The van der Waals surface area contributed by atoms with Gasteiger partial charge in [-0.1, -0.05) is 6.07 Å². The summed E-state index contributed by atoms with van der Waals surface area (Å²) in [6, 6.07) is 6.76. The summed E-state index contributed by atoms with van der Waals surface area (Å²) in [6.07, 6.45) is 1.99. The van der Waals surface area contributed by atoms with Gasteiger partial charge in [-0.05, 0) is 53.2 Å². The molecular formula is C16H21NO2S2. The number of aliphatic hydroxyl groups is 1. The zero-order chi connectivity index (χ0) is 14.5. The number of ether oxygens (including phenoxy) is 1. The average Bonchev–Trinajstić information content (AvgIpc) is 3.20. The topological polar surface area (TPSA) is 32.7 Å². The van der Waals surface area contributed by atoms with E-state index in [1.54, 1.807) is 22.7 Å². The SMILES string of the molecule is O[C@H](COCc1cccs1)CN1CCC[C@@H]1c1ccsc1. The highest BCUT2D eigenvalue weighted by Crippen LogP contribution is 2.32. The van der Waals surface area contributed by atoms with Gasteiger partial charge in [0.05, 0.1) is 19.3 Å². The lowest BCUT2D eigenvalue weighted by Crippen LogP contribution is -2.34. The number of nitrogens with zero attached hydrogens (tertiary/aromatic N) is 1. The number of hydrogen-bond donors (Lipinski definition) is 1. The van der Waals surface area contributed by atoms with Crippen molar-refractivity contribution in [3.8, 4) is 0 Å². The predicted molar refractivity (Wildman–Crippen MR) is 87.8 cm³/mol. The highest BCUT2D eigenvalue weighted by Gasteiger charge is 2.27. The van der Waals surface area contributed by atoms with Crippen molar-refractivity contribution in [2.24, 2.45) is 0 Å². The molecule has 0 unspecified atom stereocenters. The first kappa shape index (κ1) is 15.2. The molecule has 2 aromatic rings. The molecule has 2 aromatic heterocycles. The van der Waals surface area contributed by atoms with E-state index in [-0.39, 0.29) is 0 Å². The van der Waals surface area contributed by atoms with Crippen molar-refractivity contribution in [1.82, 2.24) is 4.90 Å². The summed E-state index contributed by atoms with van der Waals surface area (Å²) < 4.78 is 5.61. The summed E-state index contributed by atoms with van der Waals surface area (Å²) in [5, 5.41) is 16.6. The summed E-state index contributed by atoms with van der Waals surface area (Å²) >= 11 is 3.44. The van der Waals surface area contributed by atoms with E-state index in [1.165, 1.54) is 23.3 Å². The van der Waals surface area contributed by atoms with Crippen LogP contribution in [0.1, 0.15) is 29.3 Å². The minimum Gasteiger partial charge on any atom is -0.389 e. The van der Waals surface area contributed by atoms with Gasteiger partial charge < -0.3 is 9.84 Å². The van der Waals surface area contributed by atoms with Crippen LogP contribution in [0.15, 0.2) is 34.3 Å². The maximum Gasteiger partial charge on any atom is 0.0900 e. The van der Waals surface area contributed by atoms with Crippen molar-refractivity contribution in [1.29, 1.82) is 0 Å². The Morgan fingerprint density at radius 3 is 3.10 bits per heavy atom. The van der Waals surface area contributed by atoms with Gasteiger partial charge >= 0.3 is 0 Å². The molecule has 1 N–H and O–H groups in total. The molecular weight excluding hydrogens is 302 g/mol. The normalized spacial score (nSPS) is 20.9. The van der Waals surface area contributed by atoms with Gasteiger partial charge in [0.2, 0.25) is 0 Å². The largest absolute Gasteiger partial charge is 0.389 e. The first-order chi connectivity index (χ1) is 10.3. The third kappa shape index (κ3) is 4.14. The lowest BCUT2D eigenvalue weighted by atomic mass is 10.1. The summed E-state index contributed by atoms with van der Waals surface area (Å²) in [7, 11) is 0. The monoisotopic (exact) mass is 323 g/mol. The van der Waals surface area contributed by atoms with E-state index < -0.39 is 6.10 Å². The van der Waals surface area contributed by atoms with E-state index in [4.69, 9.17) is 4.74 Å². The summed E-state index contributed by atoms with van der Waals surface area (Å²) in [5.74, 6) is 0. The second-order valence-electron chi connectivity index (χ2n) is 5.46. The first-order valence-corrected chi connectivity index (χ1v) is 9.19. The first-order valence-electron chi connectivity index (χ1n) is 7.37. The zero-order valence-corrected chi connectivity index (χ0v) is 13.6. The van der Waals surface area contributed by atoms with Crippen LogP contribution >= 0.6 is 22.7 Å². The van der Waals surface area contributed by atoms with Crippen molar-refractivity contribution < 1.29 is 9.84 Å². The van der Waals surface area contributed by atoms with Crippen molar-refractivity contribution in [2.75, 3.05) is 19.7 Å². The molecule has 21 heavy (non-hydrogen) atoms. The number of β-amino-alcohol motifs (C(OH)–C–C–N with tert-alkyl or cyclic N) is 1. The van der Waals surface area contributed by atoms with Gasteiger partial charge in [-0.25, -0.2) is 0 Å². The van der Waals surface area contributed by atoms with Crippen LogP contribution in [0, 0.1) is 0 Å². The fourth-order valence-corrected chi connectivity index (χ4v) is 4.25. The van der Waals surface area contributed by atoms with Gasteiger partial charge in [-0.2, -0.15) is 11.3 Å². The minimum atomic E-state index is -0.413. The van der Waals surface area contributed by atoms with Crippen LogP contribution in [0.25, 0.3) is 0 Å². The van der Waals surface area contributed by atoms with Gasteiger partial charge in [-0.15, -0.1) is 11.3 Å². The Balaban J connectivity index is 1.44. The molecule has 1 aliphatic heterocycles. The zero-order valence-electron chi connectivity index (χ0n) is 12.0. The Kier molecular flexibility index (Phi) is 5.43. The van der Waals surface area contributed by atoms with Crippen molar-refractivity contribution in [3.05, 3.63) is 44.8 Å². The molecule has 1 saturated heterocycles. The third-order valence-electron chi connectivity index (χ3n) is 3.87. The molecule has 0 aliphatic carbocycles. The number of aliphatic hydroxyl groups excluding tert-OH is 1. The predicted octanol–water partition coefficient (Wildman–Crippen LogP) is 3.52. The van der Waals surface area contributed by atoms with E-state index in [0.29, 0.717) is 25.8 Å². The minimum absolute atomic E-state index is 0.407. The van der Waals surface area contributed by atoms with Gasteiger partial charge in [0.1, 0.15) is 0 Å². The molecule has 2 atom stereocenters. The highest BCUT2D eigenvalue weighted by atomic mass is 32.1. The molecule has 0 aromatic carbocycles. The summed E-state index contributed by atoms with van der Waals surface area (Å²) in [5.41, 5.74) is 1.39. The van der Waals surface area contributed by atoms with Crippen molar-refractivity contribution >= 4 is 22.7 Å². The van der Waals surface area contributed by atoms with E-state index in [2.05, 4.69) is 27.8 Å². The van der Waals surface area contributed by atoms with Gasteiger partial charge in [0.25, 0.3) is 0 Å². The molecule has 0 radical (unpaired) electrons. The Labute approximate surface area is 133 Å². The molecule has 3 nitrogen and oxygen atoms in total. The van der Waals surface area contributed by atoms with E-state index >= 15 is 0 Å². The molecule has 0 spiro atoms. The second kappa shape index (κ2) is 7.51. The lowest BCUT2D eigenvalue weighted by Gasteiger charge is -2.26. The maximum atomic E-state index is 10.2. The van der Waals surface area contributed by atoms with Gasteiger partial charge in [0, 0.05) is 17.5 Å². The van der Waals surface area contributed by atoms with E-state index in [1.807, 2.05) is 11.4 Å². The quantitative estimate of drug-likeness (QED) is 0.846. The number of likely N-dealkylation sites (tertiary alicyclic amines) is 1. The molecule has 1 fully saturated rings. The molecule has 0 amide bonds. The van der Waals surface area contributed by atoms with Crippen LogP contribution in [-0.4, -0.2) is 35.8 Å². The summed E-state index contributed by atoms with van der Waals surface area (Å²) in [4.78, 5) is 3.60. The molecule has 0 saturated carbocycles. The Morgan fingerprint density at radius 2 is 2.33 bits per heavy atom. The van der Waals surface area contributed by atoms with Crippen LogP contribution in [0.5, 0.6) is 0 Å². The van der Waals surface area contributed by atoms with Crippen LogP contribution < -0.4 is 0 Å². The second-order valence-corrected chi connectivity index (χ2v) is 7.27. The smallest absolute Gasteiger partial charge is 0.0900 e. The Hall–Kier alpha value is -0.720. The Morgan fingerprint density at radius 1 is 1.38 bits per heavy atom. The molecule has 5 heteroatoms. The van der Waals surface area contributed by atoms with Crippen LogP contribution in [0.2, 0.25) is 0 Å². The average molecular weight is 323 g/mol. The van der Waals surface area contributed by atoms with Crippen LogP contribution in [0.3, 0.4) is 0 Å². The number of thiophene rings is 2. The van der Waals surface area contributed by atoms with E-state index in [9.17, 15) is 5.11 Å². The van der Waals surface area contributed by atoms with E-state index in [0.717, 1.165) is 6.54 Å². The molecule has 114 valence electrons. The number of rotatable bonds is 7. The van der Waals surface area contributed by atoms with Crippen LogP contribution in [0.4, 0.5) is 0 Å². The van der Waals surface area contributed by atoms with Gasteiger partial charge in [0.15, 0.2) is 0 Å². The molecule has 1 aliphatic rings. The third-order valence-corrected chi connectivity index (χ3v) is 5.42. The standard InChI is InChI=1S/C16H21NO2S2/c18-14(10-19-11-15-3-2-7-21-15)9-17-6-1-4-16(17)13-5-8-20-12-13/h2-3,5,7-8,12,14,16,18H,1,4,6,9-11H2/t14-,16+/m0/s1. The van der Waals surface area contributed by atoms with Crippen molar-refractivity contribution in [3.63, 3.8) is 0 Å². The highest BCUT2D eigenvalue weighted by molar-refractivity contribution is 7.09. The van der Waals surface area contributed by atoms with Gasteiger partial charge in [-0.3, -0.25) is 4.90 Å².